The fourth-order valence-electron chi connectivity index (χ4n) is 3.42. The molecule has 0 bridgehead atoms. The van der Waals surface area contributed by atoms with Crippen LogP contribution >= 0.6 is 0 Å². The van der Waals surface area contributed by atoms with Gasteiger partial charge in [-0.05, 0) is 55.7 Å². The first-order valence-electron chi connectivity index (χ1n) is 9.38. The number of aryl methyl sites for hydroxylation is 1. The van der Waals surface area contributed by atoms with Crippen LogP contribution in [0.4, 0.5) is 4.79 Å². The molecule has 1 saturated heterocycles. The third kappa shape index (κ3) is 4.29. The molecule has 1 atom stereocenters. The highest BCUT2D eigenvalue weighted by atomic mass is 16.5. The minimum atomic E-state index is -0.955. The first kappa shape index (κ1) is 20.5. The summed E-state index contributed by atoms with van der Waals surface area (Å²) in [5.41, 5.74) is 0.820. The molecule has 0 aliphatic carbocycles. The number of benzene rings is 2. The van der Waals surface area contributed by atoms with E-state index in [1.54, 1.807) is 46.5 Å². The molecule has 0 radical (unpaired) electrons. The summed E-state index contributed by atoms with van der Waals surface area (Å²) in [5.74, 6) is 1.76. The molecule has 0 unspecified atom stereocenters. The molecular formula is C22H26N2O5. The average Bonchev–Trinajstić information content (AvgIpc) is 2.95. The van der Waals surface area contributed by atoms with Crippen molar-refractivity contribution in [1.82, 2.24) is 10.2 Å². The minimum Gasteiger partial charge on any atom is -0.497 e. The number of hydrogen-bond donors (Lipinski definition) is 1. The summed E-state index contributed by atoms with van der Waals surface area (Å²) in [4.78, 5) is 26.9. The largest absolute Gasteiger partial charge is 0.497 e. The van der Waals surface area contributed by atoms with Gasteiger partial charge in [-0.2, -0.15) is 0 Å². The van der Waals surface area contributed by atoms with E-state index >= 15 is 0 Å². The molecule has 1 N–H and O–H groups in total. The minimum absolute atomic E-state index is 0.114. The van der Waals surface area contributed by atoms with Crippen LogP contribution < -0.4 is 19.5 Å². The molecule has 3 amide bonds. The summed E-state index contributed by atoms with van der Waals surface area (Å²) in [6.45, 7) is 1.88. The van der Waals surface area contributed by atoms with Gasteiger partial charge in [0, 0.05) is 5.56 Å². The van der Waals surface area contributed by atoms with Crippen LogP contribution in [0.2, 0.25) is 0 Å². The predicted octanol–water partition coefficient (Wildman–Crippen LogP) is 3.16. The molecule has 1 aliphatic rings. The third-order valence-electron chi connectivity index (χ3n) is 5.23. The van der Waals surface area contributed by atoms with Gasteiger partial charge >= 0.3 is 6.03 Å². The summed E-state index contributed by atoms with van der Waals surface area (Å²) >= 11 is 0. The molecule has 0 saturated carbocycles. The van der Waals surface area contributed by atoms with Crippen molar-refractivity contribution in [3.63, 3.8) is 0 Å². The average molecular weight is 398 g/mol. The highest BCUT2D eigenvalue weighted by molar-refractivity contribution is 6.06. The maximum Gasteiger partial charge on any atom is 0.325 e. The maximum atomic E-state index is 13.1. The third-order valence-corrected chi connectivity index (χ3v) is 5.23. The van der Waals surface area contributed by atoms with Crippen LogP contribution in [-0.4, -0.2) is 43.7 Å². The molecule has 154 valence electrons. The summed E-state index contributed by atoms with van der Waals surface area (Å²) in [6.07, 6.45) is 1.15. The maximum absolute atomic E-state index is 13.1. The monoisotopic (exact) mass is 398 g/mol. The topological polar surface area (TPSA) is 77.1 Å². The number of rotatable bonds is 8. The highest BCUT2D eigenvalue weighted by Crippen LogP contribution is 2.29. The zero-order valence-corrected chi connectivity index (χ0v) is 17.2. The van der Waals surface area contributed by atoms with Crippen molar-refractivity contribution in [1.29, 1.82) is 0 Å². The van der Waals surface area contributed by atoms with Crippen LogP contribution in [0.3, 0.4) is 0 Å². The van der Waals surface area contributed by atoms with E-state index in [0.29, 0.717) is 29.9 Å². The molecule has 2 aromatic carbocycles. The SMILES string of the molecule is COc1ccc(CC[C@]2(C)NC(=O)N(Cc3cc(OC)ccc3OC)C2=O)cc1. The number of imide groups is 1. The van der Waals surface area contributed by atoms with Gasteiger partial charge in [0.1, 0.15) is 22.8 Å². The van der Waals surface area contributed by atoms with Gasteiger partial charge in [0.25, 0.3) is 5.91 Å². The number of hydrogen-bond acceptors (Lipinski definition) is 5. The van der Waals surface area contributed by atoms with Crippen molar-refractivity contribution in [2.45, 2.75) is 31.8 Å². The Labute approximate surface area is 170 Å². The number of urea groups is 1. The molecular weight excluding hydrogens is 372 g/mol. The molecule has 7 heteroatoms. The van der Waals surface area contributed by atoms with Gasteiger partial charge in [-0.1, -0.05) is 12.1 Å². The summed E-state index contributed by atoms with van der Waals surface area (Å²) in [6, 6.07) is 12.6. The Kier molecular flexibility index (Phi) is 5.96. The normalized spacial score (nSPS) is 18.6. The number of methoxy groups -OCH3 is 3. The van der Waals surface area contributed by atoms with Crippen molar-refractivity contribution >= 4 is 11.9 Å². The molecule has 3 rings (SSSR count). The Morgan fingerprint density at radius 1 is 0.931 bits per heavy atom. The van der Waals surface area contributed by atoms with Gasteiger partial charge in [-0.3, -0.25) is 9.69 Å². The van der Waals surface area contributed by atoms with Gasteiger partial charge in [-0.25, -0.2) is 4.79 Å². The first-order valence-corrected chi connectivity index (χ1v) is 9.38. The zero-order chi connectivity index (χ0) is 21.0. The lowest BCUT2D eigenvalue weighted by atomic mass is 9.93. The Morgan fingerprint density at radius 2 is 1.59 bits per heavy atom. The Hall–Kier alpha value is -3.22. The van der Waals surface area contributed by atoms with E-state index in [0.717, 1.165) is 11.3 Å². The van der Waals surface area contributed by atoms with Crippen molar-refractivity contribution in [2.24, 2.45) is 0 Å². The molecule has 2 aromatic rings. The molecule has 1 fully saturated rings. The lowest BCUT2D eigenvalue weighted by molar-refractivity contribution is -0.131. The second kappa shape index (κ2) is 8.43. The van der Waals surface area contributed by atoms with Gasteiger partial charge < -0.3 is 19.5 Å². The van der Waals surface area contributed by atoms with Crippen LogP contribution in [0, 0.1) is 0 Å². The van der Waals surface area contributed by atoms with E-state index < -0.39 is 11.6 Å². The van der Waals surface area contributed by atoms with E-state index in [1.165, 1.54) is 4.90 Å². The van der Waals surface area contributed by atoms with Crippen LogP contribution in [0.5, 0.6) is 17.2 Å². The number of ether oxygens (including phenoxy) is 3. The molecule has 0 spiro atoms. The molecule has 29 heavy (non-hydrogen) atoms. The van der Waals surface area contributed by atoms with Crippen molar-refractivity contribution < 1.29 is 23.8 Å². The van der Waals surface area contributed by atoms with Crippen LogP contribution in [0.1, 0.15) is 24.5 Å². The number of carbonyl (C=O) groups is 2. The van der Waals surface area contributed by atoms with E-state index in [1.807, 2.05) is 24.3 Å². The second-order valence-electron chi connectivity index (χ2n) is 7.18. The van der Waals surface area contributed by atoms with Gasteiger partial charge in [-0.15, -0.1) is 0 Å². The lowest BCUT2D eigenvalue weighted by Gasteiger charge is -2.22. The van der Waals surface area contributed by atoms with Gasteiger partial charge in [0.05, 0.1) is 27.9 Å². The van der Waals surface area contributed by atoms with Crippen molar-refractivity contribution in [3.8, 4) is 17.2 Å². The van der Waals surface area contributed by atoms with Gasteiger partial charge in [0.15, 0.2) is 0 Å². The molecule has 7 nitrogen and oxygen atoms in total. The number of carbonyl (C=O) groups excluding carboxylic acids is 2. The van der Waals surface area contributed by atoms with E-state index in [4.69, 9.17) is 14.2 Å². The smallest absolute Gasteiger partial charge is 0.325 e. The Balaban J connectivity index is 1.73. The highest BCUT2D eigenvalue weighted by Gasteiger charge is 2.47. The predicted molar refractivity (Wildman–Crippen MR) is 108 cm³/mol. The van der Waals surface area contributed by atoms with Gasteiger partial charge in [0.2, 0.25) is 0 Å². The number of amides is 3. The van der Waals surface area contributed by atoms with Crippen LogP contribution in [-0.2, 0) is 17.8 Å². The summed E-state index contributed by atoms with van der Waals surface area (Å²) in [7, 11) is 4.74. The molecule has 1 heterocycles. The standard InChI is InChI=1S/C22H26N2O5/c1-22(12-11-15-5-7-17(27-2)8-6-15)20(25)24(21(26)23-22)14-16-13-18(28-3)9-10-19(16)29-4/h5-10,13H,11-12,14H2,1-4H3,(H,23,26)/t22-/m0/s1. The quantitative estimate of drug-likeness (QED) is 0.691. The summed E-state index contributed by atoms with van der Waals surface area (Å²) < 4.78 is 15.8. The molecule has 0 aromatic heterocycles. The Bertz CT molecular complexity index is 897. The fourth-order valence-corrected chi connectivity index (χ4v) is 3.42. The Morgan fingerprint density at radius 3 is 2.21 bits per heavy atom. The number of nitrogens with one attached hydrogen (secondary N) is 1. The van der Waals surface area contributed by atoms with E-state index in [2.05, 4.69) is 5.32 Å². The summed E-state index contributed by atoms with van der Waals surface area (Å²) in [5, 5.41) is 2.85. The first-order chi connectivity index (χ1) is 13.9. The van der Waals surface area contributed by atoms with Crippen molar-refractivity contribution in [2.75, 3.05) is 21.3 Å². The second-order valence-corrected chi connectivity index (χ2v) is 7.18. The lowest BCUT2D eigenvalue weighted by Crippen LogP contribution is -2.44. The van der Waals surface area contributed by atoms with E-state index in [9.17, 15) is 9.59 Å². The zero-order valence-electron chi connectivity index (χ0n) is 17.2. The van der Waals surface area contributed by atoms with Crippen molar-refractivity contribution in [3.05, 3.63) is 53.6 Å². The number of nitrogens with zero attached hydrogens (tertiary/aromatic N) is 1. The van der Waals surface area contributed by atoms with Crippen LogP contribution in [0.15, 0.2) is 42.5 Å². The van der Waals surface area contributed by atoms with Crippen LogP contribution in [0.25, 0.3) is 0 Å². The molecule has 1 aliphatic heterocycles. The van der Waals surface area contributed by atoms with E-state index in [-0.39, 0.29) is 12.5 Å². The fraction of sp³-hybridized carbons (Fsp3) is 0.364.